The number of anilines is 1. The first-order valence-electron chi connectivity index (χ1n) is 7.50. The standard InChI is InChI=1S/C18H21NO3/c1-12-6-7-13(10-17(12)21-2)11-19-15-5-3-4-14-16(20)8-9-22-18(14)15/h3-7,10,16,19-20H,8-9,11H2,1-2H3/t16-/m1/s1. The van der Waals surface area contributed by atoms with Crippen molar-refractivity contribution in [2.24, 2.45) is 0 Å². The molecule has 0 radical (unpaired) electrons. The number of aliphatic hydroxyl groups excluding tert-OH is 1. The Morgan fingerprint density at radius 2 is 2.18 bits per heavy atom. The minimum absolute atomic E-state index is 0.440. The maximum Gasteiger partial charge on any atom is 0.148 e. The monoisotopic (exact) mass is 299 g/mol. The summed E-state index contributed by atoms with van der Waals surface area (Å²) in [5, 5.41) is 13.4. The number of aryl methyl sites for hydroxylation is 1. The van der Waals surface area contributed by atoms with Crippen LogP contribution in [-0.4, -0.2) is 18.8 Å². The first-order valence-corrected chi connectivity index (χ1v) is 7.50. The predicted molar refractivity (Wildman–Crippen MR) is 86.6 cm³/mol. The van der Waals surface area contributed by atoms with E-state index in [-0.39, 0.29) is 0 Å². The number of fused-ring (bicyclic) bond motifs is 1. The van der Waals surface area contributed by atoms with Crippen LogP contribution in [0.15, 0.2) is 36.4 Å². The molecule has 0 saturated heterocycles. The average molecular weight is 299 g/mol. The molecular weight excluding hydrogens is 278 g/mol. The molecule has 0 spiro atoms. The molecule has 4 nitrogen and oxygen atoms in total. The molecule has 0 fully saturated rings. The molecule has 0 amide bonds. The Morgan fingerprint density at radius 1 is 1.32 bits per heavy atom. The van der Waals surface area contributed by atoms with Gasteiger partial charge in [0.1, 0.15) is 11.5 Å². The lowest BCUT2D eigenvalue weighted by atomic mass is 10.0. The van der Waals surface area contributed by atoms with Gasteiger partial charge in [-0.05, 0) is 30.2 Å². The second-order valence-electron chi connectivity index (χ2n) is 5.53. The molecule has 1 aliphatic rings. The van der Waals surface area contributed by atoms with Gasteiger partial charge in [0.05, 0.1) is 25.5 Å². The zero-order chi connectivity index (χ0) is 15.5. The molecule has 2 aromatic carbocycles. The molecule has 4 heteroatoms. The summed E-state index contributed by atoms with van der Waals surface area (Å²) in [5.41, 5.74) is 4.03. The summed E-state index contributed by atoms with van der Waals surface area (Å²) in [7, 11) is 1.68. The van der Waals surface area contributed by atoms with Gasteiger partial charge in [-0.25, -0.2) is 0 Å². The molecule has 0 bridgehead atoms. The molecule has 22 heavy (non-hydrogen) atoms. The minimum atomic E-state index is -0.440. The predicted octanol–water partition coefficient (Wildman–Crippen LogP) is 3.43. The maximum absolute atomic E-state index is 10.0. The first-order chi connectivity index (χ1) is 10.7. The average Bonchev–Trinajstić information content (AvgIpc) is 2.54. The SMILES string of the molecule is COc1cc(CNc2cccc3c2OCC[C@H]3O)ccc1C. The van der Waals surface area contributed by atoms with Crippen molar-refractivity contribution in [1.82, 2.24) is 0 Å². The molecule has 0 saturated carbocycles. The van der Waals surface area contributed by atoms with Gasteiger partial charge in [0.15, 0.2) is 0 Å². The van der Waals surface area contributed by atoms with Gasteiger partial charge in [0, 0.05) is 18.5 Å². The van der Waals surface area contributed by atoms with E-state index in [0.717, 1.165) is 33.9 Å². The highest BCUT2D eigenvalue weighted by atomic mass is 16.5. The molecule has 1 atom stereocenters. The van der Waals surface area contributed by atoms with E-state index >= 15 is 0 Å². The third kappa shape index (κ3) is 2.88. The fourth-order valence-electron chi connectivity index (χ4n) is 2.72. The van der Waals surface area contributed by atoms with E-state index in [2.05, 4.69) is 17.4 Å². The Labute approximate surface area is 130 Å². The van der Waals surface area contributed by atoms with Crippen LogP contribution in [0.4, 0.5) is 5.69 Å². The number of nitrogens with one attached hydrogen (secondary N) is 1. The second-order valence-corrected chi connectivity index (χ2v) is 5.53. The molecule has 2 aromatic rings. The summed E-state index contributed by atoms with van der Waals surface area (Å²) < 4.78 is 11.1. The highest BCUT2D eigenvalue weighted by molar-refractivity contribution is 5.61. The number of benzene rings is 2. The Kier molecular flexibility index (Phi) is 4.20. The van der Waals surface area contributed by atoms with E-state index in [1.807, 2.05) is 31.2 Å². The number of hydrogen-bond donors (Lipinski definition) is 2. The van der Waals surface area contributed by atoms with Crippen molar-refractivity contribution in [1.29, 1.82) is 0 Å². The van der Waals surface area contributed by atoms with Gasteiger partial charge in [0.2, 0.25) is 0 Å². The van der Waals surface area contributed by atoms with Crippen LogP contribution in [0.25, 0.3) is 0 Å². The summed E-state index contributed by atoms with van der Waals surface area (Å²) in [5.74, 6) is 1.65. The fraction of sp³-hybridized carbons (Fsp3) is 0.333. The smallest absolute Gasteiger partial charge is 0.148 e. The second kappa shape index (κ2) is 6.28. The van der Waals surface area contributed by atoms with Gasteiger partial charge in [-0.15, -0.1) is 0 Å². The van der Waals surface area contributed by atoms with Crippen LogP contribution in [0.3, 0.4) is 0 Å². The van der Waals surface area contributed by atoms with Crippen molar-refractivity contribution < 1.29 is 14.6 Å². The van der Waals surface area contributed by atoms with Gasteiger partial charge >= 0.3 is 0 Å². The third-order valence-corrected chi connectivity index (χ3v) is 4.00. The number of methoxy groups -OCH3 is 1. The van der Waals surface area contributed by atoms with E-state index in [1.165, 1.54) is 0 Å². The van der Waals surface area contributed by atoms with E-state index in [4.69, 9.17) is 9.47 Å². The Balaban J connectivity index is 1.78. The van der Waals surface area contributed by atoms with Crippen LogP contribution < -0.4 is 14.8 Å². The summed E-state index contributed by atoms with van der Waals surface area (Å²) in [6, 6.07) is 12.0. The Morgan fingerprint density at radius 3 is 3.00 bits per heavy atom. The normalized spacial score (nSPS) is 16.6. The van der Waals surface area contributed by atoms with Crippen molar-refractivity contribution in [2.45, 2.75) is 26.0 Å². The van der Waals surface area contributed by atoms with Gasteiger partial charge < -0.3 is 19.9 Å². The van der Waals surface area contributed by atoms with Crippen LogP contribution in [0.2, 0.25) is 0 Å². The first kappa shape index (κ1) is 14.7. The number of hydrogen-bond acceptors (Lipinski definition) is 4. The fourth-order valence-corrected chi connectivity index (χ4v) is 2.72. The Bertz CT molecular complexity index is 669. The van der Waals surface area contributed by atoms with Crippen LogP contribution >= 0.6 is 0 Å². The van der Waals surface area contributed by atoms with Crippen molar-refractivity contribution in [3.8, 4) is 11.5 Å². The van der Waals surface area contributed by atoms with Crippen LogP contribution in [0.1, 0.15) is 29.2 Å². The number of aliphatic hydroxyl groups is 1. The van der Waals surface area contributed by atoms with Gasteiger partial charge in [-0.3, -0.25) is 0 Å². The lowest BCUT2D eigenvalue weighted by Crippen LogP contribution is -2.15. The number of rotatable bonds is 4. The molecule has 0 aromatic heterocycles. The lowest BCUT2D eigenvalue weighted by Gasteiger charge is -2.24. The zero-order valence-corrected chi connectivity index (χ0v) is 12.9. The lowest BCUT2D eigenvalue weighted by molar-refractivity contribution is 0.116. The third-order valence-electron chi connectivity index (χ3n) is 4.00. The molecule has 116 valence electrons. The van der Waals surface area contributed by atoms with E-state index in [0.29, 0.717) is 19.6 Å². The van der Waals surface area contributed by atoms with E-state index in [9.17, 15) is 5.11 Å². The van der Waals surface area contributed by atoms with Gasteiger partial charge in [-0.1, -0.05) is 24.3 Å². The van der Waals surface area contributed by atoms with Crippen molar-refractivity contribution in [3.63, 3.8) is 0 Å². The van der Waals surface area contributed by atoms with Gasteiger partial charge in [-0.2, -0.15) is 0 Å². The Hall–Kier alpha value is -2.20. The highest BCUT2D eigenvalue weighted by Crippen LogP contribution is 2.38. The molecule has 2 N–H and O–H groups in total. The van der Waals surface area contributed by atoms with E-state index < -0.39 is 6.10 Å². The zero-order valence-electron chi connectivity index (χ0n) is 12.9. The van der Waals surface area contributed by atoms with Crippen molar-refractivity contribution in [2.75, 3.05) is 19.0 Å². The highest BCUT2D eigenvalue weighted by Gasteiger charge is 2.21. The molecule has 1 heterocycles. The summed E-state index contributed by atoms with van der Waals surface area (Å²) in [6.45, 7) is 3.25. The molecule has 3 rings (SSSR count). The largest absolute Gasteiger partial charge is 0.496 e. The summed E-state index contributed by atoms with van der Waals surface area (Å²) in [4.78, 5) is 0. The number of para-hydroxylation sites is 1. The van der Waals surface area contributed by atoms with Crippen LogP contribution in [0, 0.1) is 6.92 Å². The molecular formula is C18H21NO3. The van der Waals surface area contributed by atoms with Crippen LogP contribution in [0.5, 0.6) is 11.5 Å². The van der Waals surface area contributed by atoms with Gasteiger partial charge in [0.25, 0.3) is 0 Å². The van der Waals surface area contributed by atoms with Crippen molar-refractivity contribution in [3.05, 3.63) is 53.1 Å². The van der Waals surface area contributed by atoms with Crippen LogP contribution in [-0.2, 0) is 6.54 Å². The van der Waals surface area contributed by atoms with E-state index in [1.54, 1.807) is 7.11 Å². The molecule has 0 aliphatic carbocycles. The maximum atomic E-state index is 10.0. The quantitative estimate of drug-likeness (QED) is 0.908. The molecule has 1 aliphatic heterocycles. The topological polar surface area (TPSA) is 50.7 Å². The number of ether oxygens (including phenoxy) is 2. The minimum Gasteiger partial charge on any atom is -0.496 e. The van der Waals surface area contributed by atoms with Crippen molar-refractivity contribution >= 4 is 5.69 Å². The summed E-state index contributed by atoms with van der Waals surface area (Å²) >= 11 is 0. The summed E-state index contributed by atoms with van der Waals surface area (Å²) in [6.07, 6.45) is 0.205. The molecule has 0 unspecified atom stereocenters.